The average molecular weight is 179 g/mol. The molecule has 0 bridgehead atoms. The third-order valence-electron chi connectivity index (χ3n) is 0.504. The molecule has 0 spiro atoms. The lowest BCUT2D eigenvalue weighted by Crippen LogP contribution is -1.89. The van der Waals surface area contributed by atoms with Crippen molar-refractivity contribution in [1.82, 2.24) is 0 Å². The maximum Gasteiger partial charge on any atom is 0.328 e. The minimum Gasteiger partial charge on any atom is -0.478 e. The summed E-state index contributed by atoms with van der Waals surface area (Å²) in [5, 5.41) is 8.05. The number of aliphatic carboxylic acids is 1. The molecule has 8 heavy (non-hydrogen) atoms. The molecule has 0 aromatic heterocycles. The van der Waals surface area contributed by atoms with Crippen molar-refractivity contribution in [3.05, 3.63) is 12.2 Å². The number of alkyl halides is 1. The lowest BCUT2D eigenvalue weighted by atomic mass is 10.4. The van der Waals surface area contributed by atoms with Crippen LogP contribution in [0.2, 0.25) is 0 Å². The van der Waals surface area contributed by atoms with Crippen LogP contribution >= 0.6 is 15.9 Å². The summed E-state index contributed by atoms with van der Waals surface area (Å²) < 4.78 is 0. The van der Waals surface area contributed by atoms with E-state index in [2.05, 4.69) is 15.9 Å². The van der Waals surface area contributed by atoms with Crippen molar-refractivity contribution in [3.8, 4) is 0 Å². The summed E-state index contributed by atoms with van der Waals surface area (Å²) in [6.07, 6.45) is 2.67. The van der Waals surface area contributed by atoms with Gasteiger partial charge >= 0.3 is 5.97 Å². The molecule has 1 atom stereocenters. The minimum atomic E-state index is -0.906. The predicted octanol–water partition coefficient (Wildman–Crippen LogP) is 1.41. The monoisotopic (exact) mass is 178 g/mol. The van der Waals surface area contributed by atoms with Crippen molar-refractivity contribution in [1.29, 1.82) is 0 Å². The number of halogens is 1. The van der Waals surface area contributed by atoms with Gasteiger partial charge in [-0.2, -0.15) is 0 Å². The fraction of sp³-hybridized carbons (Fsp3) is 0.400. The molecule has 1 N–H and O–H groups in total. The van der Waals surface area contributed by atoms with Gasteiger partial charge in [-0.05, 0) is 6.92 Å². The standard InChI is InChI=1S/C5H7BrO2/c1-4(6)2-3-5(7)8/h2-4H,1H3,(H,7,8)/b3-2+. The first-order chi connectivity index (χ1) is 3.63. The first kappa shape index (κ1) is 7.69. The molecule has 0 aliphatic rings. The second-order valence-electron chi connectivity index (χ2n) is 1.37. The minimum absolute atomic E-state index is 0.138. The van der Waals surface area contributed by atoms with Crippen LogP contribution in [0.25, 0.3) is 0 Å². The summed E-state index contributed by atoms with van der Waals surface area (Å²) >= 11 is 3.15. The molecule has 0 saturated carbocycles. The smallest absolute Gasteiger partial charge is 0.328 e. The molecule has 0 fully saturated rings. The van der Waals surface area contributed by atoms with Gasteiger partial charge in [0.2, 0.25) is 0 Å². The molecule has 0 aromatic carbocycles. The Morgan fingerprint density at radius 2 is 2.38 bits per heavy atom. The van der Waals surface area contributed by atoms with Crippen molar-refractivity contribution < 1.29 is 9.90 Å². The first-order valence-electron chi connectivity index (χ1n) is 2.18. The van der Waals surface area contributed by atoms with Gasteiger partial charge in [-0.3, -0.25) is 0 Å². The Balaban J connectivity index is 3.50. The van der Waals surface area contributed by atoms with E-state index in [1.165, 1.54) is 0 Å². The molecular formula is C5H7BrO2. The van der Waals surface area contributed by atoms with Crippen LogP contribution < -0.4 is 0 Å². The van der Waals surface area contributed by atoms with Crippen LogP contribution in [0.3, 0.4) is 0 Å². The lowest BCUT2D eigenvalue weighted by molar-refractivity contribution is -0.131. The molecule has 2 nitrogen and oxygen atoms in total. The number of carboxylic acid groups (broad SMARTS) is 1. The molecule has 0 heterocycles. The van der Waals surface area contributed by atoms with Crippen LogP contribution in [0.15, 0.2) is 12.2 Å². The summed E-state index contributed by atoms with van der Waals surface area (Å²) in [4.78, 5) is 9.93. The maximum atomic E-state index is 9.80. The van der Waals surface area contributed by atoms with E-state index >= 15 is 0 Å². The lowest BCUT2D eigenvalue weighted by Gasteiger charge is -1.86. The van der Waals surface area contributed by atoms with Crippen molar-refractivity contribution in [2.45, 2.75) is 11.8 Å². The molecule has 0 saturated heterocycles. The molecule has 0 amide bonds. The highest BCUT2D eigenvalue weighted by molar-refractivity contribution is 9.09. The largest absolute Gasteiger partial charge is 0.478 e. The number of allylic oxidation sites excluding steroid dienone is 1. The van der Waals surface area contributed by atoms with Crippen LogP contribution in [-0.2, 0) is 4.79 Å². The van der Waals surface area contributed by atoms with E-state index < -0.39 is 5.97 Å². The quantitative estimate of drug-likeness (QED) is 0.513. The highest BCUT2D eigenvalue weighted by atomic mass is 79.9. The maximum absolute atomic E-state index is 9.80. The van der Waals surface area contributed by atoms with E-state index in [-0.39, 0.29) is 4.83 Å². The van der Waals surface area contributed by atoms with Crippen molar-refractivity contribution >= 4 is 21.9 Å². The second-order valence-corrected chi connectivity index (χ2v) is 2.82. The van der Waals surface area contributed by atoms with Crippen LogP contribution in [0, 0.1) is 0 Å². The highest BCUT2D eigenvalue weighted by Crippen LogP contribution is 1.97. The normalized spacial score (nSPS) is 14.2. The fourth-order valence-corrected chi connectivity index (χ4v) is 0.368. The van der Waals surface area contributed by atoms with Gasteiger partial charge in [-0.1, -0.05) is 22.0 Å². The number of hydrogen-bond acceptors (Lipinski definition) is 1. The summed E-state index contributed by atoms with van der Waals surface area (Å²) in [6.45, 7) is 1.85. The van der Waals surface area contributed by atoms with E-state index in [4.69, 9.17) is 5.11 Å². The zero-order valence-corrected chi connectivity index (χ0v) is 6.05. The Bertz CT molecular complexity index is 107. The molecule has 1 unspecified atom stereocenters. The first-order valence-corrected chi connectivity index (χ1v) is 3.09. The Hall–Kier alpha value is -0.310. The molecule has 0 aliphatic heterocycles. The summed E-state index contributed by atoms with van der Waals surface area (Å²) in [5.41, 5.74) is 0. The molecule has 3 heteroatoms. The van der Waals surface area contributed by atoms with Crippen molar-refractivity contribution in [2.24, 2.45) is 0 Å². The highest BCUT2D eigenvalue weighted by Gasteiger charge is 1.87. The third-order valence-corrected chi connectivity index (χ3v) is 0.809. The molecule has 0 aliphatic carbocycles. The van der Waals surface area contributed by atoms with E-state index in [1.807, 2.05) is 6.92 Å². The van der Waals surface area contributed by atoms with E-state index in [1.54, 1.807) is 6.08 Å². The Morgan fingerprint density at radius 3 is 2.50 bits per heavy atom. The molecule has 0 rings (SSSR count). The van der Waals surface area contributed by atoms with Gasteiger partial charge in [-0.15, -0.1) is 0 Å². The van der Waals surface area contributed by atoms with Gasteiger partial charge in [0, 0.05) is 10.9 Å². The van der Waals surface area contributed by atoms with Crippen molar-refractivity contribution in [3.63, 3.8) is 0 Å². The van der Waals surface area contributed by atoms with Crippen molar-refractivity contribution in [2.75, 3.05) is 0 Å². The number of carboxylic acids is 1. The van der Waals surface area contributed by atoms with Gasteiger partial charge in [0.15, 0.2) is 0 Å². The predicted molar refractivity (Wildman–Crippen MR) is 35.2 cm³/mol. The second kappa shape index (κ2) is 3.66. The fourth-order valence-electron chi connectivity index (χ4n) is 0.215. The van der Waals surface area contributed by atoms with Crippen LogP contribution in [0.1, 0.15) is 6.92 Å². The van der Waals surface area contributed by atoms with E-state index in [0.29, 0.717) is 0 Å². The average Bonchev–Trinajstić information content (AvgIpc) is 1.61. The number of hydrogen-bond donors (Lipinski definition) is 1. The van der Waals surface area contributed by atoms with E-state index in [0.717, 1.165) is 6.08 Å². The number of carbonyl (C=O) groups is 1. The van der Waals surface area contributed by atoms with Gasteiger partial charge in [-0.25, -0.2) is 4.79 Å². The van der Waals surface area contributed by atoms with Gasteiger partial charge in [0.05, 0.1) is 0 Å². The summed E-state index contributed by atoms with van der Waals surface area (Å²) in [7, 11) is 0. The zero-order chi connectivity index (χ0) is 6.57. The summed E-state index contributed by atoms with van der Waals surface area (Å²) in [6, 6.07) is 0. The van der Waals surface area contributed by atoms with Gasteiger partial charge in [0.1, 0.15) is 0 Å². The Morgan fingerprint density at radius 1 is 1.88 bits per heavy atom. The Kier molecular flexibility index (Phi) is 3.52. The molecule has 0 aromatic rings. The Labute approximate surface area is 56.3 Å². The topological polar surface area (TPSA) is 37.3 Å². The SMILES string of the molecule is CC(Br)/C=C/C(=O)O. The molecule has 0 radical (unpaired) electrons. The van der Waals surface area contributed by atoms with Crippen LogP contribution in [0.4, 0.5) is 0 Å². The van der Waals surface area contributed by atoms with Crippen LogP contribution in [0.5, 0.6) is 0 Å². The van der Waals surface area contributed by atoms with Gasteiger partial charge < -0.3 is 5.11 Å². The van der Waals surface area contributed by atoms with Crippen LogP contribution in [-0.4, -0.2) is 15.9 Å². The zero-order valence-electron chi connectivity index (χ0n) is 4.47. The van der Waals surface area contributed by atoms with Gasteiger partial charge in [0.25, 0.3) is 0 Å². The summed E-state index contributed by atoms with van der Waals surface area (Å²) in [5.74, 6) is -0.906. The number of rotatable bonds is 2. The van der Waals surface area contributed by atoms with E-state index in [9.17, 15) is 4.79 Å². The molecule has 46 valence electrons. The molecular weight excluding hydrogens is 172 g/mol. The third kappa shape index (κ3) is 5.69.